The van der Waals surface area contributed by atoms with Crippen molar-refractivity contribution in [2.24, 2.45) is 11.7 Å². The second-order valence-electron chi connectivity index (χ2n) is 6.19. The van der Waals surface area contributed by atoms with Crippen LogP contribution in [0.3, 0.4) is 0 Å². The topological polar surface area (TPSA) is 113 Å². The molecule has 2 amide bonds. The fraction of sp³-hybridized carbons (Fsp3) is 0.688. The van der Waals surface area contributed by atoms with E-state index in [4.69, 9.17) is 5.73 Å². The first-order valence-electron chi connectivity index (χ1n) is 8.43. The highest BCUT2D eigenvalue weighted by molar-refractivity contribution is 5.87. The van der Waals surface area contributed by atoms with E-state index in [0.717, 1.165) is 5.69 Å². The van der Waals surface area contributed by atoms with Crippen LogP contribution in [0.2, 0.25) is 0 Å². The number of rotatable bonds is 8. The van der Waals surface area contributed by atoms with Gasteiger partial charge in [-0.25, -0.2) is 4.98 Å². The molecule has 23 heavy (non-hydrogen) atoms. The third-order valence-corrected chi connectivity index (χ3v) is 4.29. The Labute approximate surface area is 136 Å². The summed E-state index contributed by atoms with van der Waals surface area (Å²) in [5.74, 6) is 0.209. The first-order valence-corrected chi connectivity index (χ1v) is 8.43. The Balaban J connectivity index is 1.88. The molecule has 7 nitrogen and oxygen atoms in total. The van der Waals surface area contributed by atoms with E-state index in [1.807, 2.05) is 0 Å². The second kappa shape index (κ2) is 9.29. The number of carbonyl (C=O) groups is 2. The van der Waals surface area contributed by atoms with Crippen LogP contribution in [0.5, 0.6) is 0 Å². The molecule has 1 aliphatic carbocycles. The van der Waals surface area contributed by atoms with E-state index < -0.39 is 6.04 Å². The lowest BCUT2D eigenvalue weighted by Crippen LogP contribution is -2.49. The molecule has 1 heterocycles. The highest BCUT2D eigenvalue weighted by atomic mass is 16.2. The number of carbonyl (C=O) groups excluding carboxylic acids is 2. The van der Waals surface area contributed by atoms with Gasteiger partial charge in [-0.1, -0.05) is 19.3 Å². The van der Waals surface area contributed by atoms with Crippen LogP contribution in [-0.2, 0) is 16.0 Å². The van der Waals surface area contributed by atoms with E-state index in [9.17, 15) is 9.59 Å². The van der Waals surface area contributed by atoms with Crippen LogP contribution in [0.4, 0.5) is 0 Å². The monoisotopic (exact) mass is 321 g/mol. The molecule has 1 aromatic heterocycles. The molecule has 1 fully saturated rings. The Morgan fingerprint density at radius 2 is 2.13 bits per heavy atom. The summed E-state index contributed by atoms with van der Waals surface area (Å²) >= 11 is 0. The van der Waals surface area contributed by atoms with Crippen molar-refractivity contribution < 1.29 is 9.59 Å². The van der Waals surface area contributed by atoms with E-state index in [-0.39, 0.29) is 24.8 Å². The Morgan fingerprint density at radius 1 is 1.35 bits per heavy atom. The molecule has 0 bridgehead atoms. The normalized spacial score (nSPS) is 16.7. The highest BCUT2D eigenvalue weighted by Crippen LogP contribution is 2.22. The molecule has 0 unspecified atom stereocenters. The van der Waals surface area contributed by atoms with Crippen molar-refractivity contribution in [3.8, 4) is 0 Å². The van der Waals surface area contributed by atoms with Crippen LogP contribution < -0.4 is 16.4 Å². The quantitative estimate of drug-likeness (QED) is 0.558. The Morgan fingerprint density at radius 3 is 2.78 bits per heavy atom. The number of aromatic amines is 1. The molecule has 2 rings (SSSR count). The highest BCUT2D eigenvalue weighted by Gasteiger charge is 2.23. The summed E-state index contributed by atoms with van der Waals surface area (Å²) in [7, 11) is 0. The van der Waals surface area contributed by atoms with Crippen molar-refractivity contribution in [1.82, 2.24) is 20.6 Å². The van der Waals surface area contributed by atoms with Crippen molar-refractivity contribution in [3.63, 3.8) is 0 Å². The van der Waals surface area contributed by atoms with Gasteiger partial charge in [-0.05, 0) is 18.8 Å². The smallest absolute Gasteiger partial charge is 0.242 e. The van der Waals surface area contributed by atoms with Crippen LogP contribution in [0, 0.1) is 5.92 Å². The van der Waals surface area contributed by atoms with Gasteiger partial charge >= 0.3 is 0 Å². The van der Waals surface area contributed by atoms with Gasteiger partial charge in [0.2, 0.25) is 11.8 Å². The molecule has 0 aliphatic heterocycles. The summed E-state index contributed by atoms with van der Waals surface area (Å²) in [5, 5.41) is 5.76. The molecular formula is C16H27N5O2. The first kappa shape index (κ1) is 17.5. The van der Waals surface area contributed by atoms with Gasteiger partial charge in [-0.15, -0.1) is 0 Å². The van der Waals surface area contributed by atoms with Gasteiger partial charge in [-0.3, -0.25) is 9.59 Å². The van der Waals surface area contributed by atoms with Crippen LogP contribution in [-0.4, -0.2) is 40.9 Å². The van der Waals surface area contributed by atoms with E-state index in [0.29, 0.717) is 18.9 Å². The number of H-pyrrole nitrogens is 1. The maximum Gasteiger partial charge on any atom is 0.242 e. The van der Waals surface area contributed by atoms with Crippen molar-refractivity contribution in [1.29, 1.82) is 0 Å². The predicted octanol–water partition coefficient (Wildman–Crippen LogP) is 0.482. The van der Waals surface area contributed by atoms with Gasteiger partial charge in [0.1, 0.15) is 6.04 Å². The Kier molecular flexibility index (Phi) is 7.06. The number of aromatic nitrogens is 2. The molecule has 0 spiro atoms. The van der Waals surface area contributed by atoms with Crippen LogP contribution >= 0.6 is 0 Å². The number of nitrogens with one attached hydrogen (secondary N) is 3. The largest absolute Gasteiger partial charge is 0.354 e. The number of amides is 2. The SMILES string of the molecule is NCCC(=O)N[C@@H](Cc1cnc[nH]1)C(=O)NCC1CCCCC1. The van der Waals surface area contributed by atoms with E-state index in [1.165, 1.54) is 32.1 Å². The molecule has 1 saturated carbocycles. The minimum Gasteiger partial charge on any atom is -0.354 e. The maximum absolute atomic E-state index is 12.5. The summed E-state index contributed by atoms with van der Waals surface area (Å²) in [6, 6.07) is -0.599. The zero-order valence-corrected chi connectivity index (χ0v) is 13.5. The van der Waals surface area contributed by atoms with Crippen molar-refractivity contribution in [2.75, 3.05) is 13.1 Å². The summed E-state index contributed by atoms with van der Waals surface area (Å²) < 4.78 is 0. The van der Waals surface area contributed by atoms with E-state index >= 15 is 0 Å². The van der Waals surface area contributed by atoms with Crippen molar-refractivity contribution in [3.05, 3.63) is 18.2 Å². The molecule has 5 N–H and O–H groups in total. The Hall–Kier alpha value is -1.89. The van der Waals surface area contributed by atoms with Gasteiger partial charge in [0.25, 0.3) is 0 Å². The minimum absolute atomic E-state index is 0.143. The van der Waals surface area contributed by atoms with Gasteiger partial charge in [0, 0.05) is 37.8 Å². The summed E-state index contributed by atoms with van der Waals surface area (Å²) in [5.41, 5.74) is 6.21. The number of hydrogen-bond donors (Lipinski definition) is 4. The fourth-order valence-electron chi connectivity index (χ4n) is 2.98. The molecule has 1 aliphatic rings. The standard InChI is InChI=1S/C16H27N5O2/c17-7-6-15(22)21-14(8-13-10-18-11-20-13)16(23)19-9-12-4-2-1-3-5-12/h10-12,14H,1-9,17H2,(H,18,20)(H,19,23)(H,21,22)/t14-/m0/s1. The lowest BCUT2D eigenvalue weighted by Gasteiger charge is -2.24. The van der Waals surface area contributed by atoms with E-state index in [2.05, 4.69) is 20.6 Å². The van der Waals surface area contributed by atoms with Gasteiger partial charge in [0.05, 0.1) is 6.33 Å². The average Bonchev–Trinajstić information content (AvgIpc) is 3.06. The van der Waals surface area contributed by atoms with E-state index in [1.54, 1.807) is 12.5 Å². The van der Waals surface area contributed by atoms with Crippen LogP contribution in [0.15, 0.2) is 12.5 Å². The van der Waals surface area contributed by atoms with Crippen molar-refractivity contribution >= 4 is 11.8 Å². The third-order valence-electron chi connectivity index (χ3n) is 4.29. The zero-order chi connectivity index (χ0) is 16.5. The molecule has 1 atom stereocenters. The lowest BCUT2D eigenvalue weighted by molar-refractivity contribution is -0.129. The van der Waals surface area contributed by atoms with Crippen LogP contribution in [0.1, 0.15) is 44.2 Å². The average molecular weight is 321 g/mol. The predicted molar refractivity (Wildman–Crippen MR) is 87.5 cm³/mol. The number of nitrogens with two attached hydrogens (primary N) is 1. The molecule has 0 saturated heterocycles. The number of imidazole rings is 1. The van der Waals surface area contributed by atoms with Gasteiger partial charge in [0.15, 0.2) is 0 Å². The summed E-state index contributed by atoms with van der Waals surface area (Å²) in [6.07, 6.45) is 9.96. The zero-order valence-electron chi connectivity index (χ0n) is 13.5. The second-order valence-corrected chi connectivity index (χ2v) is 6.19. The summed E-state index contributed by atoms with van der Waals surface area (Å²) in [6.45, 7) is 0.956. The number of hydrogen-bond acceptors (Lipinski definition) is 4. The first-order chi connectivity index (χ1) is 11.2. The molecule has 0 aromatic carbocycles. The van der Waals surface area contributed by atoms with Crippen LogP contribution in [0.25, 0.3) is 0 Å². The molecular weight excluding hydrogens is 294 g/mol. The minimum atomic E-state index is -0.599. The summed E-state index contributed by atoms with van der Waals surface area (Å²) in [4.78, 5) is 31.2. The van der Waals surface area contributed by atoms with Gasteiger partial charge < -0.3 is 21.4 Å². The lowest BCUT2D eigenvalue weighted by atomic mass is 9.89. The number of nitrogens with zero attached hydrogens (tertiary/aromatic N) is 1. The fourth-order valence-corrected chi connectivity index (χ4v) is 2.98. The molecule has 0 radical (unpaired) electrons. The third kappa shape index (κ3) is 6.02. The Bertz CT molecular complexity index is 483. The molecule has 1 aromatic rings. The van der Waals surface area contributed by atoms with Crippen molar-refractivity contribution in [2.45, 2.75) is 51.0 Å². The molecule has 7 heteroatoms. The van der Waals surface area contributed by atoms with Gasteiger partial charge in [-0.2, -0.15) is 0 Å². The maximum atomic E-state index is 12.5. The molecule has 128 valence electrons.